The summed E-state index contributed by atoms with van der Waals surface area (Å²) in [6.45, 7) is 0. The van der Waals surface area contributed by atoms with Crippen molar-refractivity contribution in [1.82, 2.24) is 29.9 Å². The average Bonchev–Trinajstić information content (AvgIpc) is 3.24. The molecule has 6 nitrogen and oxygen atoms in total. The normalized spacial score (nSPS) is 11.1. The van der Waals surface area contributed by atoms with Crippen molar-refractivity contribution < 1.29 is 0 Å². The van der Waals surface area contributed by atoms with Crippen LogP contribution in [0.2, 0.25) is 0 Å². The predicted molar refractivity (Wildman–Crippen MR) is 209 cm³/mol. The molecule has 0 radical (unpaired) electrons. The summed E-state index contributed by atoms with van der Waals surface area (Å²) in [4.78, 5) is 30.2. The van der Waals surface area contributed by atoms with E-state index >= 15 is 0 Å². The minimum atomic E-state index is 0.553. The Kier molecular flexibility index (Phi) is 8.08. The van der Waals surface area contributed by atoms with Gasteiger partial charge in [0.25, 0.3) is 0 Å². The molecule has 0 atom stereocenters. The number of benzene rings is 7. The molecule has 244 valence electrons. The molecule has 0 saturated heterocycles. The van der Waals surface area contributed by atoms with Crippen molar-refractivity contribution in [2.75, 3.05) is 0 Å². The van der Waals surface area contributed by atoms with Crippen LogP contribution in [0.3, 0.4) is 0 Å². The van der Waals surface area contributed by atoms with Gasteiger partial charge in [-0.3, -0.25) is 0 Å². The van der Waals surface area contributed by atoms with Crippen LogP contribution in [0.15, 0.2) is 182 Å². The number of aromatic nitrogens is 6. The summed E-state index contributed by atoms with van der Waals surface area (Å²) in [7, 11) is 0. The van der Waals surface area contributed by atoms with E-state index in [0.717, 1.165) is 49.9 Å². The molecule has 0 N–H and O–H groups in total. The lowest BCUT2D eigenvalue weighted by molar-refractivity contribution is 1.07. The Morgan fingerprint density at radius 1 is 0.192 bits per heavy atom. The SMILES string of the molecule is c1ccc(-c2nc(-c3ccccc3)nc(-c3cc(-c4ccc5ccccc5c4)cc(-c4nc(-c5ccccc5)nc(-c5ccccc5)n4)c3)n2)cc1. The number of hydrogen-bond donors (Lipinski definition) is 0. The van der Waals surface area contributed by atoms with Crippen LogP contribution in [0, 0.1) is 0 Å². The van der Waals surface area contributed by atoms with Crippen LogP contribution in [0.4, 0.5) is 0 Å². The maximum Gasteiger partial charge on any atom is 0.164 e. The van der Waals surface area contributed by atoms with E-state index in [2.05, 4.69) is 60.7 Å². The molecule has 2 aromatic heterocycles. The van der Waals surface area contributed by atoms with Crippen molar-refractivity contribution in [3.8, 4) is 79.5 Å². The smallest absolute Gasteiger partial charge is 0.164 e. The van der Waals surface area contributed by atoms with Crippen molar-refractivity contribution in [3.05, 3.63) is 182 Å². The molecule has 9 rings (SSSR count). The van der Waals surface area contributed by atoms with Crippen LogP contribution in [-0.4, -0.2) is 29.9 Å². The first-order valence-corrected chi connectivity index (χ1v) is 17.1. The zero-order valence-corrected chi connectivity index (χ0v) is 28.0. The van der Waals surface area contributed by atoms with Crippen molar-refractivity contribution in [2.24, 2.45) is 0 Å². The second-order valence-electron chi connectivity index (χ2n) is 12.4. The van der Waals surface area contributed by atoms with Gasteiger partial charge in [-0.05, 0) is 46.2 Å². The Morgan fingerprint density at radius 2 is 0.500 bits per heavy atom. The molecule has 0 amide bonds. The van der Waals surface area contributed by atoms with Crippen molar-refractivity contribution in [1.29, 1.82) is 0 Å². The van der Waals surface area contributed by atoms with Gasteiger partial charge in [-0.1, -0.05) is 158 Å². The molecule has 0 aliphatic heterocycles. The fraction of sp³-hybridized carbons (Fsp3) is 0. The Hall–Kier alpha value is -7.18. The third-order valence-corrected chi connectivity index (χ3v) is 8.93. The van der Waals surface area contributed by atoms with Gasteiger partial charge in [0.15, 0.2) is 34.9 Å². The zero-order chi connectivity index (χ0) is 34.7. The number of hydrogen-bond acceptors (Lipinski definition) is 6. The van der Waals surface area contributed by atoms with E-state index in [0.29, 0.717) is 34.9 Å². The first-order chi connectivity index (χ1) is 25.7. The molecular weight excluding hydrogens is 637 g/mol. The molecule has 0 saturated carbocycles. The highest BCUT2D eigenvalue weighted by Crippen LogP contribution is 2.35. The van der Waals surface area contributed by atoms with E-state index in [9.17, 15) is 0 Å². The maximum atomic E-state index is 5.07. The van der Waals surface area contributed by atoms with Crippen molar-refractivity contribution in [3.63, 3.8) is 0 Å². The van der Waals surface area contributed by atoms with E-state index in [1.807, 2.05) is 121 Å². The fourth-order valence-electron chi connectivity index (χ4n) is 6.30. The van der Waals surface area contributed by atoms with E-state index in [1.54, 1.807) is 0 Å². The Balaban J connectivity index is 1.29. The zero-order valence-electron chi connectivity index (χ0n) is 28.0. The highest BCUT2D eigenvalue weighted by Gasteiger charge is 2.18. The highest BCUT2D eigenvalue weighted by atomic mass is 15.0. The van der Waals surface area contributed by atoms with Gasteiger partial charge >= 0.3 is 0 Å². The van der Waals surface area contributed by atoms with Crippen LogP contribution in [0.5, 0.6) is 0 Å². The van der Waals surface area contributed by atoms with Crippen LogP contribution < -0.4 is 0 Å². The first kappa shape index (κ1) is 30.8. The summed E-state index contributed by atoms with van der Waals surface area (Å²) < 4.78 is 0. The van der Waals surface area contributed by atoms with E-state index in [-0.39, 0.29) is 0 Å². The molecule has 0 fully saturated rings. The molecule has 9 aromatic rings. The van der Waals surface area contributed by atoms with Gasteiger partial charge in [0, 0.05) is 33.4 Å². The van der Waals surface area contributed by atoms with Gasteiger partial charge in [0.1, 0.15) is 0 Å². The standard InChI is InChI=1S/C46H30N6/c1-5-16-32(17-6-1)41-47-42(33-18-7-2-8-19-33)50-45(49-41)39-28-38(37-26-25-31-15-13-14-24-36(31)27-37)29-40(30-39)46-51-43(34-20-9-3-10-21-34)48-44(52-46)35-22-11-4-12-23-35/h1-30H. The molecule has 0 spiro atoms. The number of rotatable bonds is 7. The minimum Gasteiger partial charge on any atom is -0.208 e. The lowest BCUT2D eigenvalue weighted by atomic mass is 9.96. The van der Waals surface area contributed by atoms with Gasteiger partial charge in [0.2, 0.25) is 0 Å². The molecule has 7 aromatic carbocycles. The Bertz CT molecular complexity index is 2400. The lowest BCUT2D eigenvalue weighted by Gasteiger charge is -2.13. The third kappa shape index (κ3) is 6.32. The van der Waals surface area contributed by atoms with Gasteiger partial charge < -0.3 is 0 Å². The Morgan fingerprint density at radius 3 is 0.885 bits per heavy atom. The number of fused-ring (bicyclic) bond motifs is 1. The van der Waals surface area contributed by atoms with Gasteiger partial charge in [-0.15, -0.1) is 0 Å². The summed E-state index contributed by atoms with van der Waals surface area (Å²) >= 11 is 0. The minimum absolute atomic E-state index is 0.553. The van der Waals surface area contributed by atoms with Crippen LogP contribution in [-0.2, 0) is 0 Å². The first-order valence-electron chi connectivity index (χ1n) is 17.1. The molecular formula is C46H30N6. The Labute approximate surface area is 301 Å². The summed E-state index contributed by atoms with van der Waals surface area (Å²) in [5.74, 6) is 3.49. The van der Waals surface area contributed by atoms with Gasteiger partial charge in [-0.2, -0.15) is 0 Å². The summed E-state index contributed by atoms with van der Waals surface area (Å²) in [6.07, 6.45) is 0. The molecule has 0 aliphatic carbocycles. The molecule has 52 heavy (non-hydrogen) atoms. The van der Waals surface area contributed by atoms with Gasteiger partial charge in [-0.25, -0.2) is 29.9 Å². The second kappa shape index (κ2) is 13.6. The van der Waals surface area contributed by atoms with E-state index in [1.165, 1.54) is 5.39 Å². The lowest BCUT2D eigenvalue weighted by Crippen LogP contribution is -2.02. The molecule has 0 bridgehead atoms. The highest BCUT2D eigenvalue weighted by molar-refractivity contribution is 5.89. The van der Waals surface area contributed by atoms with E-state index in [4.69, 9.17) is 29.9 Å². The fourth-order valence-corrected chi connectivity index (χ4v) is 6.30. The summed E-state index contributed by atoms with van der Waals surface area (Å²) in [5, 5.41) is 2.33. The van der Waals surface area contributed by atoms with Gasteiger partial charge in [0.05, 0.1) is 0 Å². The van der Waals surface area contributed by atoms with Crippen molar-refractivity contribution >= 4 is 10.8 Å². The topological polar surface area (TPSA) is 77.3 Å². The molecule has 0 aliphatic rings. The molecule has 6 heteroatoms. The molecule has 2 heterocycles. The van der Waals surface area contributed by atoms with Crippen LogP contribution in [0.1, 0.15) is 0 Å². The van der Waals surface area contributed by atoms with Crippen LogP contribution >= 0.6 is 0 Å². The average molecular weight is 667 g/mol. The predicted octanol–water partition coefficient (Wildman–Crippen LogP) is 10.9. The number of nitrogens with zero attached hydrogens (tertiary/aromatic N) is 6. The van der Waals surface area contributed by atoms with Crippen molar-refractivity contribution in [2.45, 2.75) is 0 Å². The molecule has 0 unspecified atom stereocenters. The van der Waals surface area contributed by atoms with Crippen LogP contribution in [0.25, 0.3) is 90.2 Å². The summed E-state index contributed by atoms with van der Waals surface area (Å²) in [5.41, 5.74) is 7.32. The monoisotopic (exact) mass is 666 g/mol. The largest absolute Gasteiger partial charge is 0.208 e. The van der Waals surface area contributed by atoms with E-state index < -0.39 is 0 Å². The quantitative estimate of drug-likeness (QED) is 0.168. The third-order valence-electron chi connectivity index (χ3n) is 8.93. The maximum absolute atomic E-state index is 5.07. The second-order valence-corrected chi connectivity index (χ2v) is 12.4. The summed E-state index contributed by atoms with van der Waals surface area (Å²) in [6, 6.07) is 61.4.